The van der Waals surface area contributed by atoms with Gasteiger partial charge in [0.15, 0.2) is 0 Å². The Labute approximate surface area is 232 Å². The van der Waals surface area contributed by atoms with E-state index in [1.54, 1.807) is 0 Å². The second kappa shape index (κ2) is 17.5. The molecule has 0 aromatic heterocycles. The molecule has 2 aromatic rings. The Morgan fingerprint density at radius 1 is 0.500 bits per heavy atom. The predicted octanol–water partition coefficient (Wildman–Crippen LogP) is 1.30. The number of rotatable bonds is 12. The zero-order chi connectivity index (χ0) is 23.0. The van der Waals surface area contributed by atoms with Crippen LogP contribution in [-0.4, -0.2) is 26.2 Å². The molecule has 0 aliphatic rings. The van der Waals surface area contributed by atoms with Crippen molar-refractivity contribution in [2.24, 2.45) is 0 Å². The maximum Gasteiger partial charge on any atom is 2.00 e. The van der Waals surface area contributed by atoms with Crippen molar-refractivity contribution in [2.45, 2.75) is 79.1 Å². The van der Waals surface area contributed by atoms with E-state index in [2.05, 4.69) is 108 Å². The van der Waals surface area contributed by atoms with E-state index in [-0.39, 0.29) is 41.9 Å². The standard InChI is InChI=1S/C28H45N3.2ClH.Cu/c1-19(2)23-11-9-12-24(20(3)4)27(23)30-17-15-29-16-18-31-28-25(21(5)6)13-10-14-26(28)22(7)8;;;/h9-14,19-22,29-31H,15-18H2,1-8H3;2*1H;/q;;;+2/p-2. The molecule has 34 heavy (non-hydrogen) atoms. The maximum atomic E-state index is 3.72. The average molecular weight is 558 g/mol. The summed E-state index contributed by atoms with van der Waals surface area (Å²) in [5.41, 5.74) is 8.33. The van der Waals surface area contributed by atoms with Crippen LogP contribution in [0.15, 0.2) is 36.4 Å². The van der Waals surface area contributed by atoms with E-state index in [9.17, 15) is 0 Å². The van der Waals surface area contributed by atoms with Gasteiger partial charge in [-0.25, -0.2) is 0 Å². The van der Waals surface area contributed by atoms with Gasteiger partial charge in [-0.3, -0.25) is 0 Å². The molecule has 0 unspecified atom stereocenters. The first-order valence-corrected chi connectivity index (χ1v) is 12.2. The third-order valence-corrected chi connectivity index (χ3v) is 5.95. The van der Waals surface area contributed by atoms with Crippen LogP contribution in [0.4, 0.5) is 11.4 Å². The van der Waals surface area contributed by atoms with Crippen molar-refractivity contribution in [2.75, 3.05) is 36.8 Å². The van der Waals surface area contributed by atoms with Crippen LogP contribution in [0.2, 0.25) is 0 Å². The van der Waals surface area contributed by atoms with Gasteiger partial charge in [-0.15, -0.1) is 0 Å². The Hall–Kier alpha value is -0.901. The smallest absolute Gasteiger partial charge is 1.00 e. The van der Waals surface area contributed by atoms with Gasteiger partial charge in [-0.05, 0) is 45.9 Å². The van der Waals surface area contributed by atoms with Crippen molar-refractivity contribution in [3.8, 4) is 0 Å². The molecule has 3 nitrogen and oxygen atoms in total. The van der Waals surface area contributed by atoms with E-state index in [0.717, 1.165) is 26.2 Å². The number of hydrogen-bond acceptors (Lipinski definition) is 3. The number of hydrogen-bond donors (Lipinski definition) is 3. The second-order valence-corrected chi connectivity index (χ2v) is 9.85. The summed E-state index contributed by atoms with van der Waals surface area (Å²) in [4.78, 5) is 0. The number of benzene rings is 2. The molecule has 1 radical (unpaired) electrons. The minimum atomic E-state index is 0. The van der Waals surface area contributed by atoms with Crippen LogP contribution in [0.3, 0.4) is 0 Å². The molecule has 3 N–H and O–H groups in total. The zero-order valence-corrected chi connectivity index (χ0v) is 24.6. The molecule has 0 spiro atoms. The fraction of sp³-hybridized carbons (Fsp3) is 0.571. The SMILES string of the molecule is CC(C)c1cccc(C(C)C)c1NCCNCCNc1c(C(C)C)cccc1C(C)C.[Cl-].[Cl-].[Cu+2]. The van der Waals surface area contributed by atoms with Gasteiger partial charge in [-0.1, -0.05) is 91.8 Å². The van der Waals surface area contributed by atoms with Crippen molar-refractivity contribution in [3.05, 3.63) is 58.7 Å². The monoisotopic (exact) mass is 556 g/mol. The molecule has 0 heterocycles. The van der Waals surface area contributed by atoms with Crippen molar-refractivity contribution in [1.82, 2.24) is 5.32 Å². The molecule has 0 bridgehead atoms. The molecule has 0 aliphatic carbocycles. The largest absolute Gasteiger partial charge is 2.00 e. The molecule has 0 amide bonds. The summed E-state index contributed by atoms with van der Waals surface area (Å²) in [6.07, 6.45) is 0. The van der Waals surface area contributed by atoms with Crippen LogP contribution in [0, 0.1) is 0 Å². The van der Waals surface area contributed by atoms with E-state index >= 15 is 0 Å². The third-order valence-electron chi connectivity index (χ3n) is 5.95. The van der Waals surface area contributed by atoms with Gasteiger partial charge >= 0.3 is 17.1 Å². The van der Waals surface area contributed by atoms with Crippen LogP contribution < -0.4 is 40.8 Å². The van der Waals surface area contributed by atoms with Gasteiger partial charge in [-0.2, -0.15) is 0 Å². The molecule has 2 aromatic carbocycles. The minimum absolute atomic E-state index is 0. The van der Waals surface area contributed by atoms with Gasteiger partial charge < -0.3 is 40.8 Å². The van der Waals surface area contributed by atoms with Crippen LogP contribution >= 0.6 is 0 Å². The van der Waals surface area contributed by atoms with E-state index in [0.29, 0.717) is 23.7 Å². The zero-order valence-electron chi connectivity index (χ0n) is 22.2. The summed E-state index contributed by atoms with van der Waals surface area (Å²) < 4.78 is 0. The molecule has 2 rings (SSSR count). The Bertz CT molecular complexity index is 703. The van der Waals surface area contributed by atoms with Gasteiger partial charge in [0.25, 0.3) is 0 Å². The van der Waals surface area contributed by atoms with Crippen LogP contribution in [-0.2, 0) is 17.1 Å². The molecular weight excluding hydrogens is 513 g/mol. The van der Waals surface area contributed by atoms with Gasteiger partial charge in [0.05, 0.1) is 0 Å². The molecule has 0 saturated heterocycles. The molecule has 0 fully saturated rings. The summed E-state index contributed by atoms with van der Waals surface area (Å²) in [7, 11) is 0. The molecule has 6 heteroatoms. The quantitative estimate of drug-likeness (QED) is 0.272. The van der Waals surface area contributed by atoms with Crippen molar-refractivity contribution in [1.29, 1.82) is 0 Å². The Morgan fingerprint density at radius 3 is 1.00 bits per heavy atom. The number of para-hydroxylation sites is 2. The topological polar surface area (TPSA) is 36.1 Å². The fourth-order valence-corrected chi connectivity index (χ4v) is 4.19. The summed E-state index contributed by atoms with van der Waals surface area (Å²) in [5.74, 6) is 2.09. The van der Waals surface area contributed by atoms with Gasteiger partial charge in [0.1, 0.15) is 0 Å². The van der Waals surface area contributed by atoms with Crippen LogP contribution in [0.25, 0.3) is 0 Å². The minimum Gasteiger partial charge on any atom is -1.00 e. The Morgan fingerprint density at radius 2 is 0.765 bits per heavy atom. The molecular formula is C28H45Cl2CuN3. The Kier molecular flexibility index (Phi) is 18.2. The van der Waals surface area contributed by atoms with E-state index in [4.69, 9.17) is 0 Å². The van der Waals surface area contributed by atoms with Crippen molar-refractivity contribution < 1.29 is 41.9 Å². The molecule has 197 valence electrons. The van der Waals surface area contributed by atoms with E-state index < -0.39 is 0 Å². The number of anilines is 2. The molecule has 0 aliphatic heterocycles. The van der Waals surface area contributed by atoms with Gasteiger partial charge in [0, 0.05) is 37.6 Å². The van der Waals surface area contributed by atoms with Crippen molar-refractivity contribution >= 4 is 11.4 Å². The third kappa shape index (κ3) is 9.99. The fourth-order valence-electron chi connectivity index (χ4n) is 4.19. The first-order chi connectivity index (χ1) is 14.7. The first kappa shape index (κ1) is 35.3. The number of nitrogens with one attached hydrogen (secondary N) is 3. The normalized spacial score (nSPS) is 10.7. The van der Waals surface area contributed by atoms with E-state index in [1.807, 2.05) is 0 Å². The molecule has 0 saturated carbocycles. The summed E-state index contributed by atoms with van der Waals surface area (Å²) in [5, 5.41) is 11.0. The summed E-state index contributed by atoms with van der Waals surface area (Å²) in [6.45, 7) is 22.0. The average Bonchev–Trinajstić information content (AvgIpc) is 2.72. The predicted molar refractivity (Wildman–Crippen MR) is 139 cm³/mol. The van der Waals surface area contributed by atoms with Crippen LogP contribution in [0.1, 0.15) is 101 Å². The maximum absolute atomic E-state index is 3.72. The summed E-state index contributed by atoms with van der Waals surface area (Å²) >= 11 is 0. The molecule has 0 atom stereocenters. The van der Waals surface area contributed by atoms with Crippen molar-refractivity contribution in [3.63, 3.8) is 0 Å². The first-order valence-electron chi connectivity index (χ1n) is 12.2. The Balaban J connectivity index is 0. The number of halogens is 2. The van der Waals surface area contributed by atoms with Gasteiger partial charge in [0.2, 0.25) is 0 Å². The van der Waals surface area contributed by atoms with E-state index in [1.165, 1.54) is 33.6 Å². The second-order valence-electron chi connectivity index (χ2n) is 9.85. The van der Waals surface area contributed by atoms with Crippen LogP contribution in [0.5, 0.6) is 0 Å². The summed E-state index contributed by atoms with van der Waals surface area (Å²) in [6, 6.07) is 13.4.